The molecule has 0 fully saturated rings. The maximum absolute atomic E-state index is 13.0. The Kier molecular flexibility index (Phi) is 6.91. The molecule has 30 heavy (non-hydrogen) atoms. The van der Waals surface area contributed by atoms with Crippen molar-refractivity contribution in [1.82, 2.24) is 5.32 Å². The third-order valence-corrected chi connectivity index (χ3v) is 5.57. The molecule has 0 aliphatic heterocycles. The molecule has 0 atom stereocenters. The van der Waals surface area contributed by atoms with Gasteiger partial charge in [0, 0.05) is 16.3 Å². The molecule has 0 aromatic heterocycles. The number of halogens is 2. The summed E-state index contributed by atoms with van der Waals surface area (Å²) in [5.74, 6) is -0.337. The second-order valence-corrected chi connectivity index (χ2v) is 8.32. The fourth-order valence-corrected chi connectivity index (χ4v) is 3.81. The second-order valence-electron chi connectivity index (χ2n) is 6.20. The number of sulfonamides is 1. The average Bonchev–Trinajstić information content (AvgIpc) is 2.73. The van der Waals surface area contributed by atoms with Crippen molar-refractivity contribution in [2.24, 2.45) is 0 Å². The Morgan fingerprint density at radius 3 is 2.47 bits per heavy atom. The first kappa shape index (κ1) is 21.6. The highest BCUT2D eigenvalue weighted by molar-refractivity contribution is 7.92. The van der Waals surface area contributed by atoms with Crippen molar-refractivity contribution < 1.29 is 22.3 Å². The number of amides is 1. The Hall–Kier alpha value is -3.10. The van der Waals surface area contributed by atoms with E-state index in [0.717, 1.165) is 12.1 Å². The largest absolute Gasteiger partial charge is 0.492 e. The number of carbonyl (C=O) groups is 1. The van der Waals surface area contributed by atoms with Crippen molar-refractivity contribution in [3.63, 3.8) is 0 Å². The fraction of sp³-hybridized carbons (Fsp3) is 0.0952. The Balaban J connectivity index is 1.59. The van der Waals surface area contributed by atoms with Crippen LogP contribution in [-0.4, -0.2) is 27.5 Å². The lowest BCUT2D eigenvalue weighted by atomic mass is 10.2. The maximum Gasteiger partial charge on any atom is 0.261 e. The zero-order valence-corrected chi connectivity index (χ0v) is 17.2. The molecule has 0 aliphatic carbocycles. The van der Waals surface area contributed by atoms with Crippen molar-refractivity contribution in [2.75, 3.05) is 17.9 Å². The van der Waals surface area contributed by atoms with E-state index in [-0.39, 0.29) is 29.3 Å². The van der Waals surface area contributed by atoms with Crippen LogP contribution in [-0.2, 0) is 10.0 Å². The minimum Gasteiger partial charge on any atom is -0.492 e. The lowest BCUT2D eigenvalue weighted by Crippen LogP contribution is -2.28. The number of rotatable bonds is 8. The van der Waals surface area contributed by atoms with Crippen LogP contribution >= 0.6 is 11.6 Å². The highest BCUT2D eigenvalue weighted by Gasteiger charge is 2.16. The smallest absolute Gasteiger partial charge is 0.261 e. The van der Waals surface area contributed by atoms with Crippen LogP contribution in [0.1, 0.15) is 10.4 Å². The maximum atomic E-state index is 13.0. The van der Waals surface area contributed by atoms with Crippen molar-refractivity contribution in [2.45, 2.75) is 4.90 Å². The first-order valence-electron chi connectivity index (χ1n) is 8.88. The van der Waals surface area contributed by atoms with Gasteiger partial charge in [-0.2, -0.15) is 0 Å². The van der Waals surface area contributed by atoms with Gasteiger partial charge in [0.1, 0.15) is 18.2 Å². The fourth-order valence-electron chi connectivity index (χ4n) is 2.53. The van der Waals surface area contributed by atoms with Crippen molar-refractivity contribution in [3.05, 3.63) is 89.2 Å². The van der Waals surface area contributed by atoms with Gasteiger partial charge >= 0.3 is 0 Å². The molecule has 3 aromatic carbocycles. The highest BCUT2D eigenvalue weighted by Crippen LogP contribution is 2.18. The highest BCUT2D eigenvalue weighted by atomic mass is 35.5. The predicted octanol–water partition coefficient (Wildman–Crippen LogP) is 4.09. The summed E-state index contributed by atoms with van der Waals surface area (Å²) in [4.78, 5) is 12.3. The Morgan fingerprint density at radius 2 is 1.73 bits per heavy atom. The summed E-state index contributed by atoms with van der Waals surface area (Å²) in [7, 11) is -3.94. The lowest BCUT2D eigenvalue weighted by Gasteiger charge is -2.10. The third kappa shape index (κ3) is 5.95. The standard InChI is InChI=1S/C21H18ClFN2O4S/c22-16-4-2-5-19(14-16)29-12-11-24-21(26)15-3-1-6-20(13-15)30(27,28)25-18-9-7-17(23)8-10-18/h1-10,13-14,25H,11-12H2,(H,24,26). The average molecular weight is 449 g/mol. The van der Waals surface area contributed by atoms with Gasteiger partial charge in [0.2, 0.25) is 0 Å². The van der Waals surface area contributed by atoms with Gasteiger partial charge in [0.05, 0.1) is 11.4 Å². The number of ether oxygens (including phenoxy) is 1. The molecule has 3 rings (SSSR count). The van der Waals surface area contributed by atoms with E-state index in [4.69, 9.17) is 16.3 Å². The zero-order chi connectivity index (χ0) is 21.6. The molecule has 0 radical (unpaired) electrons. The van der Waals surface area contributed by atoms with Gasteiger partial charge in [-0.3, -0.25) is 9.52 Å². The van der Waals surface area contributed by atoms with E-state index >= 15 is 0 Å². The first-order valence-corrected chi connectivity index (χ1v) is 10.7. The molecule has 156 valence electrons. The molecule has 0 bridgehead atoms. The second kappa shape index (κ2) is 9.60. The van der Waals surface area contributed by atoms with Crippen LogP contribution in [0.15, 0.2) is 77.7 Å². The van der Waals surface area contributed by atoms with Crippen LogP contribution in [0.4, 0.5) is 10.1 Å². The minimum absolute atomic E-state index is 0.0883. The summed E-state index contributed by atoms with van der Waals surface area (Å²) in [5, 5.41) is 3.21. The van der Waals surface area contributed by atoms with E-state index in [2.05, 4.69) is 10.0 Å². The predicted molar refractivity (Wildman–Crippen MR) is 113 cm³/mol. The molecule has 0 aliphatic rings. The summed E-state index contributed by atoms with van der Waals surface area (Å²) in [6.45, 7) is 0.437. The minimum atomic E-state index is -3.94. The topological polar surface area (TPSA) is 84.5 Å². The van der Waals surface area contributed by atoms with Crippen LogP contribution in [0.3, 0.4) is 0 Å². The Bertz CT molecular complexity index is 1140. The van der Waals surface area contributed by atoms with Gasteiger partial charge in [0.15, 0.2) is 0 Å². The summed E-state index contributed by atoms with van der Waals surface area (Å²) in [6, 6.07) is 17.4. The molecular weight excluding hydrogens is 431 g/mol. The molecule has 6 nitrogen and oxygen atoms in total. The van der Waals surface area contributed by atoms with Gasteiger partial charge in [-0.15, -0.1) is 0 Å². The van der Waals surface area contributed by atoms with Crippen LogP contribution in [0, 0.1) is 5.82 Å². The van der Waals surface area contributed by atoms with E-state index in [0.29, 0.717) is 10.8 Å². The molecule has 0 saturated carbocycles. The Labute approximate surface area is 178 Å². The van der Waals surface area contributed by atoms with Crippen molar-refractivity contribution >= 4 is 33.2 Å². The summed E-state index contributed by atoms with van der Waals surface area (Å²) in [5.41, 5.74) is 0.393. The SMILES string of the molecule is O=C(NCCOc1cccc(Cl)c1)c1cccc(S(=O)(=O)Nc2ccc(F)cc2)c1. The summed E-state index contributed by atoms with van der Waals surface area (Å²) < 4.78 is 45.9. The van der Waals surface area contributed by atoms with Crippen LogP contribution in [0.5, 0.6) is 5.75 Å². The van der Waals surface area contributed by atoms with Gasteiger partial charge in [-0.1, -0.05) is 23.7 Å². The molecule has 0 unspecified atom stereocenters. The number of anilines is 1. The van der Waals surface area contributed by atoms with Crippen LogP contribution < -0.4 is 14.8 Å². The third-order valence-electron chi connectivity index (χ3n) is 3.96. The number of nitrogens with one attached hydrogen (secondary N) is 2. The quantitative estimate of drug-likeness (QED) is 0.508. The Morgan fingerprint density at radius 1 is 1.00 bits per heavy atom. The number of benzene rings is 3. The van der Waals surface area contributed by atoms with E-state index < -0.39 is 21.7 Å². The molecule has 9 heteroatoms. The number of carbonyl (C=O) groups excluding carboxylic acids is 1. The van der Waals surface area contributed by atoms with E-state index in [1.165, 1.54) is 36.4 Å². The number of hydrogen-bond acceptors (Lipinski definition) is 4. The molecule has 2 N–H and O–H groups in total. The van der Waals surface area contributed by atoms with Gasteiger partial charge in [-0.05, 0) is 60.7 Å². The molecule has 0 heterocycles. The van der Waals surface area contributed by atoms with Gasteiger partial charge in [-0.25, -0.2) is 12.8 Å². The van der Waals surface area contributed by atoms with Crippen LogP contribution in [0.2, 0.25) is 5.02 Å². The first-order chi connectivity index (χ1) is 14.3. The van der Waals surface area contributed by atoms with E-state index in [1.54, 1.807) is 24.3 Å². The molecule has 1 amide bonds. The van der Waals surface area contributed by atoms with E-state index in [9.17, 15) is 17.6 Å². The van der Waals surface area contributed by atoms with Gasteiger partial charge in [0.25, 0.3) is 15.9 Å². The van der Waals surface area contributed by atoms with Crippen LogP contribution in [0.25, 0.3) is 0 Å². The van der Waals surface area contributed by atoms with Crippen molar-refractivity contribution in [1.29, 1.82) is 0 Å². The molecule has 0 spiro atoms. The molecule has 3 aromatic rings. The normalized spacial score (nSPS) is 11.0. The number of hydrogen-bond donors (Lipinski definition) is 2. The molecule has 0 saturated heterocycles. The van der Waals surface area contributed by atoms with Gasteiger partial charge < -0.3 is 10.1 Å². The molecular formula is C21H18ClFN2O4S. The monoisotopic (exact) mass is 448 g/mol. The summed E-state index contributed by atoms with van der Waals surface area (Å²) >= 11 is 5.88. The summed E-state index contributed by atoms with van der Waals surface area (Å²) in [6.07, 6.45) is 0. The van der Waals surface area contributed by atoms with E-state index in [1.807, 2.05) is 0 Å². The zero-order valence-electron chi connectivity index (χ0n) is 15.6. The lowest BCUT2D eigenvalue weighted by molar-refractivity contribution is 0.0946. The van der Waals surface area contributed by atoms with Crippen molar-refractivity contribution in [3.8, 4) is 5.75 Å².